The highest BCUT2D eigenvalue weighted by molar-refractivity contribution is 5.99. The smallest absolute Gasteiger partial charge is 0.178 e. The van der Waals surface area contributed by atoms with Crippen LogP contribution in [0, 0.1) is 20.8 Å². The summed E-state index contributed by atoms with van der Waals surface area (Å²) in [5.74, 6) is 0.475. The molecular formula is C25H29N3O2. The van der Waals surface area contributed by atoms with Crippen LogP contribution in [0.2, 0.25) is 0 Å². The number of phenols is 1. The number of para-hydroxylation sites is 2. The van der Waals surface area contributed by atoms with E-state index in [0.717, 1.165) is 54.5 Å². The Morgan fingerprint density at radius 1 is 0.933 bits per heavy atom. The van der Waals surface area contributed by atoms with Gasteiger partial charge in [-0.05, 0) is 51.1 Å². The van der Waals surface area contributed by atoms with E-state index in [0.29, 0.717) is 12.3 Å². The molecule has 0 saturated carbocycles. The normalized spacial score (nSPS) is 14.8. The number of hydrogen-bond donors (Lipinski definition) is 1. The summed E-state index contributed by atoms with van der Waals surface area (Å²) in [5.41, 5.74) is 6.05. The fourth-order valence-electron chi connectivity index (χ4n) is 4.30. The fraction of sp³-hybridized carbons (Fsp3) is 0.320. The van der Waals surface area contributed by atoms with Crippen molar-refractivity contribution in [1.82, 2.24) is 9.47 Å². The number of ketones is 1. The van der Waals surface area contributed by atoms with Gasteiger partial charge in [0.1, 0.15) is 5.75 Å². The highest BCUT2D eigenvalue weighted by Crippen LogP contribution is 2.27. The Morgan fingerprint density at radius 3 is 2.27 bits per heavy atom. The number of hydrogen-bond acceptors (Lipinski definition) is 4. The lowest BCUT2D eigenvalue weighted by Gasteiger charge is -2.35. The molecule has 5 nitrogen and oxygen atoms in total. The Labute approximate surface area is 178 Å². The molecule has 0 unspecified atom stereocenters. The maximum atomic E-state index is 13.1. The molecule has 1 N–H and O–H groups in total. The molecule has 1 aliphatic heterocycles. The summed E-state index contributed by atoms with van der Waals surface area (Å²) in [5, 5.41) is 10.1. The molecule has 2 aromatic carbocycles. The second-order valence-electron chi connectivity index (χ2n) is 8.13. The maximum Gasteiger partial charge on any atom is 0.178 e. The zero-order valence-electron chi connectivity index (χ0n) is 17.9. The number of carbonyl (C=O) groups is 1. The van der Waals surface area contributed by atoms with E-state index in [2.05, 4.69) is 52.5 Å². The van der Waals surface area contributed by atoms with Crippen molar-refractivity contribution in [2.24, 2.45) is 0 Å². The Bertz CT molecular complexity index is 1040. The van der Waals surface area contributed by atoms with Crippen molar-refractivity contribution in [2.45, 2.75) is 20.8 Å². The van der Waals surface area contributed by atoms with Crippen LogP contribution in [0.4, 0.5) is 5.69 Å². The van der Waals surface area contributed by atoms with Gasteiger partial charge in [-0.15, -0.1) is 0 Å². The van der Waals surface area contributed by atoms with Crippen LogP contribution < -0.4 is 4.90 Å². The van der Waals surface area contributed by atoms with Crippen molar-refractivity contribution in [3.63, 3.8) is 0 Å². The largest absolute Gasteiger partial charge is 0.506 e. The van der Waals surface area contributed by atoms with Gasteiger partial charge in [0, 0.05) is 48.8 Å². The average Bonchev–Trinajstić information content (AvgIpc) is 3.04. The van der Waals surface area contributed by atoms with Crippen LogP contribution >= 0.6 is 0 Å². The third-order valence-electron chi connectivity index (χ3n) is 5.99. The van der Waals surface area contributed by atoms with E-state index in [1.54, 1.807) is 6.07 Å². The number of Topliss-reactive ketones (excluding diaryl/α,β-unsaturated/α-hetero) is 1. The number of anilines is 1. The first kappa shape index (κ1) is 20.2. The van der Waals surface area contributed by atoms with E-state index in [1.165, 1.54) is 5.56 Å². The number of rotatable bonds is 5. The summed E-state index contributed by atoms with van der Waals surface area (Å²) in [7, 11) is 0. The van der Waals surface area contributed by atoms with Gasteiger partial charge < -0.3 is 14.6 Å². The lowest BCUT2D eigenvalue weighted by Crippen LogP contribution is -2.48. The third kappa shape index (κ3) is 3.98. The van der Waals surface area contributed by atoms with Gasteiger partial charge in [-0.25, -0.2) is 0 Å². The molecule has 1 aromatic heterocycles. The molecule has 0 spiro atoms. The second-order valence-corrected chi connectivity index (χ2v) is 8.13. The topological polar surface area (TPSA) is 48.7 Å². The molecule has 156 valence electrons. The molecule has 1 saturated heterocycles. The lowest BCUT2D eigenvalue weighted by molar-refractivity contribution is 0.0925. The molecule has 3 aromatic rings. The van der Waals surface area contributed by atoms with Gasteiger partial charge >= 0.3 is 0 Å². The molecule has 0 amide bonds. The fourth-order valence-corrected chi connectivity index (χ4v) is 4.30. The Hall–Kier alpha value is -3.05. The number of piperazine rings is 1. The number of aromatic nitrogens is 1. The predicted octanol–water partition coefficient (Wildman–Crippen LogP) is 4.11. The minimum absolute atomic E-state index is 0.164. The van der Waals surface area contributed by atoms with Gasteiger partial charge in [-0.2, -0.15) is 0 Å². The van der Waals surface area contributed by atoms with Crippen LogP contribution in [0.3, 0.4) is 0 Å². The van der Waals surface area contributed by atoms with Crippen LogP contribution in [0.15, 0.2) is 54.6 Å². The summed E-state index contributed by atoms with van der Waals surface area (Å²) in [4.78, 5) is 17.5. The first-order chi connectivity index (χ1) is 14.4. The van der Waals surface area contributed by atoms with E-state index in [1.807, 2.05) is 31.2 Å². The quantitative estimate of drug-likeness (QED) is 0.651. The van der Waals surface area contributed by atoms with Crippen molar-refractivity contribution in [3.8, 4) is 11.4 Å². The van der Waals surface area contributed by atoms with Crippen LogP contribution in [-0.2, 0) is 0 Å². The van der Waals surface area contributed by atoms with Crippen LogP contribution in [-0.4, -0.2) is 53.1 Å². The molecule has 1 fully saturated rings. The van der Waals surface area contributed by atoms with E-state index < -0.39 is 0 Å². The lowest BCUT2D eigenvalue weighted by atomic mass is 10.1. The van der Waals surface area contributed by atoms with E-state index in [9.17, 15) is 9.90 Å². The molecule has 4 rings (SSSR count). The minimum Gasteiger partial charge on any atom is -0.506 e. The summed E-state index contributed by atoms with van der Waals surface area (Å²) in [6.45, 7) is 9.78. The van der Waals surface area contributed by atoms with Gasteiger partial charge in [-0.3, -0.25) is 9.69 Å². The van der Waals surface area contributed by atoms with Crippen molar-refractivity contribution < 1.29 is 9.90 Å². The minimum atomic E-state index is 0.164. The van der Waals surface area contributed by atoms with Crippen molar-refractivity contribution >= 4 is 11.5 Å². The molecule has 2 heterocycles. The van der Waals surface area contributed by atoms with E-state index in [4.69, 9.17) is 0 Å². The highest BCUT2D eigenvalue weighted by Gasteiger charge is 2.23. The summed E-state index contributed by atoms with van der Waals surface area (Å²) in [6, 6.07) is 17.8. The molecular weight excluding hydrogens is 374 g/mol. The molecule has 5 heteroatoms. The summed E-state index contributed by atoms with van der Waals surface area (Å²) in [6.07, 6.45) is 0. The van der Waals surface area contributed by atoms with E-state index >= 15 is 0 Å². The van der Waals surface area contributed by atoms with Crippen molar-refractivity contribution in [3.05, 3.63) is 77.1 Å². The van der Waals surface area contributed by atoms with Crippen molar-refractivity contribution in [2.75, 3.05) is 37.6 Å². The zero-order chi connectivity index (χ0) is 21.3. The summed E-state index contributed by atoms with van der Waals surface area (Å²) < 4.78 is 2.16. The second kappa shape index (κ2) is 8.36. The van der Waals surface area contributed by atoms with Crippen LogP contribution in [0.25, 0.3) is 5.69 Å². The standard InChI is InChI=1S/C25H29N3O2/c1-18-8-10-21(11-9-18)28-19(2)16-22(20(28)3)25(30)17-26-12-14-27(15-13-26)23-6-4-5-7-24(23)29/h4-11,16,29H,12-15,17H2,1-3H3. The molecule has 0 radical (unpaired) electrons. The van der Waals surface area contributed by atoms with Gasteiger partial charge in [-0.1, -0.05) is 29.8 Å². The van der Waals surface area contributed by atoms with Gasteiger partial charge in [0.05, 0.1) is 12.2 Å². The molecule has 0 atom stereocenters. The number of nitrogens with zero attached hydrogens (tertiary/aromatic N) is 3. The third-order valence-corrected chi connectivity index (χ3v) is 5.99. The molecule has 0 bridgehead atoms. The zero-order valence-corrected chi connectivity index (χ0v) is 17.9. The average molecular weight is 404 g/mol. The molecule has 30 heavy (non-hydrogen) atoms. The van der Waals surface area contributed by atoms with Crippen LogP contribution in [0.5, 0.6) is 5.75 Å². The Balaban J connectivity index is 1.43. The van der Waals surface area contributed by atoms with Gasteiger partial charge in [0.25, 0.3) is 0 Å². The molecule has 0 aliphatic carbocycles. The van der Waals surface area contributed by atoms with Crippen molar-refractivity contribution in [1.29, 1.82) is 0 Å². The SMILES string of the molecule is Cc1ccc(-n2c(C)cc(C(=O)CN3CCN(c4ccccc4O)CC3)c2C)cc1. The Morgan fingerprint density at radius 2 is 1.60 bits per heavy atom. The molecule has 1 aliphatic rings. The number of aryl methyl sites for hydroxylation is 2. The monoisotopic (exact) mass is 403 g/mol. The van der Waals surface area contributed by atoms with Gasteiger partial charge in [0.2, 0.25) is 0 Å². The van der Waals surface area contributed by atoms with Gasteiger partial charge in [0.15, 0.2) is 5.78 Å². The predicted molar refractivity (Wildman–Crippen MR) is 121 cm³/mol. The summed E-state index contributed by atoms with van der Waals surface area (Å²) >= 11 is 0. The maximum absolute atomic E-state index is 13.1. The number of aromatic hydroxyl groups is 1. The Kier molecular flexibility index (Phi) is 5.64. The number of phenolic OH excluding ortho intramolecular Hbond substituents is 1. The number of benzene rings is 2. The first-order valence-corrected chi connectivity index (χ1v) is 10.5. The van der Waals surface area contributed by atoms with Crippen LogP contribution in [0.1, 0.15) is 27.3 Å². The highest BCUT2D eigenvalue weighted by atomic mass is 16.3. The first-order valence-electron chi connectivity index (χ1n) is 10.5. The number of carbonyl (C=O) groups excluding carboxylic acids is 1. The van der Waals surface area contributed by atoms with E-state index in [-0.39, 0.29) is 5.78 Å².